The van der Waals surface area contributed by atoms with Crippen molar-refractivity contribution in [3.8, 4) is 5.75 Å². The molecule has 1 saturated carbocycles. The van der Waals surface area contributed by atoms with Gasteiger partial charge in [-0.1, -0.05) is 31.9 Å². The van der Waals surface area contributed by atoms with Crippen LogP contribution in [0.1, 0.15) is 45.1 Å². The Labute approximate surface area is 137 Å². The number of carbonyl (C=O) groups excluding carboxylic acids is 2. The molecule has 1 aromatic carbocycles. The summed E-state index contributed by atoms with van der Waals surface area (Å²) in [4.78, 5) is 23.9. The lowest BCUT2D eigenvalue weighted by Crippen LogP contribution is -2.47. The van der Waals surface area contributed by atoms with Gasteiger partial charge in [0.1, 0.15) is 5.75 Å². The number of rotatable bonds is 5. The van der Waals surface area contributed by atoms with Crippen molar-refractivity contribution in [2.75, 3.05) is 6.61 Å². The normalized spacial score (nSPS) is 20.6. The van der Waals surface area contributed by atoms with Crippen molar-refractivity contribution in [2.24, 2.45) is 5.92 Å². The lowest BCUT2D eigenvalue weighted by molar-refractivity contribution is -0.140. The van der Waals surface area contributed by atoms with Gasteiger partial charge in [0.2, 0.25) is 0 Å². The third kappa shape index (κ3) is 5.27. The van der Waals surface area contributed by atoms with E-state index in [-0.39, 0.29) is 6.04 Å². The van der Waals surface area contributed by atoms with Crippen molar-refractivity contribution in [1.82, 2.24) is 10.6 Å². The summed E-state index contributed by atoms with van der Waals surface area (Å²) in [6.45, 7) is 5.01. The fraction of sp³-hybridized carbons (Fsp3) is 0.556. The van der Waals surface area contributed by atoms with E-state index in [1.54, 1.807) is 0 Å². The molecule has 0 spiro atoms. The minimum absolute atomic E-state index is 0.118. The van der Waals surface area contributed by atoms with Gasteiger partial charge >= 0.3 is 11.8 Å². The number of hydrogen-bond donors (Lipinski definition) is 2. The molecule has 1 aliphatic rings. The molecule has 1 aromatic rings. The predicted molar refractivity (Wildman–Crippen MR) is 89.0 cm³/mol. The van der Waals surface area contributed by atoms with Gasteiger partial charge in [-0.3, -0.25) is 9.59 Å². The van der Waals surface area contributed by atoms with Crippen LogP contribution in [0, 0.1) is 5.92 Å². The highest BCUT2D eigenvalue weighted by Gasteiger charge is 2.25. The molecule has 0 saturated heterocycles. The Morgan fingerprint density at radius 2 is 1.83 bits per heavy atom. The van der Waals surface area contributed by atoms with Crippen molar-refractivity contribution in [2.45, 2.75) is 52.1 Å². The summed E-state index contributed by atoms with van der Waals surface area (Å²) < 4.78 is 5.37. The van der Waals surface area contributed by atoms with Gasteiger partial charge in [-0.15, -0.1) is 0 Å². The van der Waals surface area contributed by atoms with Gasteiger partial charge < -0.3 is 15.4 Å². The molecule has 0 bridgehead atoms. The van der Waals surface area contributed by atoms with E-state index in [9.17, 15) is 9.59 Å². The fourth-order valence-corrected chi connectivity index (χ4v) is 2.90. The van der Waals surface area contributed by atoms with Gasteiger partial charge in [0, 0.05) is 12.6 Å². The average Bonchev–Trinajstić information content (AvgIpc) is 2.56. The first-order chi connectivity index (χ1) is 11.1. The molecule has 23 heavy (non-hydrogen) atoms. The molecule has 2 rings (SSSR count). The van der Waals surface area contributed by atoms with Crippen LogP contribution in [0.25, 0.3) is 0 Å². The van der Waals surface area contributed by atoms with Crippen LogP contribution in [0.5, 0.6) is 5.75 Å². The largest absolute Gasteiger partial charge is 0.494 e. The number of ether oxygens (including phenoxy) is 1. The summed E-state index contributed by atoms with van der Waals surface area (Å²) in [5, 5.41) is 5.52. The molecular weight excluding hydrogens is 292 g/mol. The predicted octanol–water partition coefficient (Wildman–Crippen LogP) is 2.40. The molecule has 0 aromatic heterocycles. The van der Waals surface area contributed by atoms with Crippen LogP contribution in [-0.4, -0.2) is 24.5 Å². The number of carbonyl (C=O) groups is 2. The van der Waals surface area contributed by atoms with Gasteiger partial charge in [-0.25, -0.2) is 0 Å². The Morgan fingerprint density at radius 1 is 1.13 bits per heavy atom. The SMILES string of the molecule is CCOc1ccc(CNC(=O)C(=O)N[C@H]2CCCC[C@H]2C)cc1. The van der Waals surface area contributed by atoms with Crippen LogP contribution in [0.4, 0.5) is 0 Å². The van der Waals surface area contributed by atoms with Gasteiger partial charge in [0.25, 0.3) is 0 Å². The summed E-state index contributed by atoms with van der Waals surface area (Å²) >= 11 is 0. The zero-order chi connectivity index (χ0) is 16.7. The maximum absolute atomic E-state index is 12.0. The first-order valence-corrected chi connectivity index (χ1v) is 8.40. The second-order valence-electron chi connectivity index (χ2n) is 6.10. The van der Waals surface area contributed by atoms with E-state index in [2.05, 4.69) is 17.6 Å². The van der Waals surface area contributed by atoms with Gasteiger partial charge in [-0.2, -0.15) is 0 Å². The molecule has 1 fully saturated rings. The Hall–Kier alpha value is -2.04. The Balaban J connectivity index is 1.78. The monoisotopic (exact) mass is 318 g/mol. The van der Waals surface area contributed by atoms with Crippen molar-refractivity contribution in [3.63, 3.8) is 0 Å². The molecule has 1 aliphatic carbocycles. The van der Waals surface area contributed by atoms with E-state index >= 15 is 0 Å². The van der Waals surface area contributed by atoms with E-state index in [1.165, 1.54) is 6.42 Å². The summed E-state index contributed by atoms with van der Waals surface area (Å²) in [5.74, 6) is 0.129. The highest BCUT2D eigenvalue weighted by Crippen LogP contribution is 2.23. The number of nitrogens with one attached hydrogen (secondary N) is 2. The lowest BCUT2D eigenvalue weighted by atomic mass is 9.86. The lowest BCUT2D eigenvalue weighted by Gasteiger charge is -2.29. The first-order valence-electron chi connectivity index (χ1n) is 8.40. The van der Waals surface area contributed by atoms with E-state index in [4.69, 9.17) is 4.74 Å². The zero-order valence-electron chi connectivity index (χ0n) is 13.9. The van der Waals surface area contributed by atoms with Gasteiger partial charge in [0.05, 0.1) is 6.61 Å². The van der Waals surface area contributed by atoms with E-state index in [1.807, 2.05) is 31.2 Å². The summed E-state index contributed by atoms with van der Waals surface area (Å²) in [6, 6.07) is 7.59. The molecule has 2 atom stereocenters. The fourth-order valence-electron chi connectivity index (χ4n) is 2.90. The van der Waals surface area contributed by atoms with Crippen LogP contribution in [0.15, 0.2) is 24.3 Å². The molecule has 2 amide bonds. The van der Waals surface area contributed by atoms with Crippen LogP contribution in [0.3, 0.4) is 0 Å². The zero-order valence-corrected chi connectivity index (χ0v) is 13.9. The molecule has 5 heteroatoms. The molecule has 0 aliphatic heterocycles. The Kier molecular flexibility index (Phi) is 6.44. The Bertz CT molecular complexity index is 528. The first kappa shape index (κ1) is 17.3. The van der Waals surface area contributed by atoms with Crippen molar-refractivity contribution in [1.29, 1.82) is 0 Å². The number of amides is 2. The van der Waals surface area contributed by atoms with Crippen LogP contribution < -0.4 is 15.4 Å². The molecular formula is C18H26N2O3. The standard InChI is InChI=1S/C18H26N2O3/c1-3-23-15-10-8-14(9-11-15)12-19-17(21)18(22)20-16-7-5-4-6-13(16)2/h8-11,13,16H,3-7,12H2,1-2H3,(H,19,21)(H,20,22)/t13-,16+/m1/s1. The molecule has 126 valence electrons. The molecule has 0 radical (unpaired) electrons. The topological polar surface area (TPSA) is 67.4 Å². The van der Waals surface area contributed by atoms with Crippen LogP contribution in [-0.2, 0) is 16.1 Å². The van der Waals surface area contributed by atoms with Gasteiger partial charge in [0.15, 0.2) is 0 Å². The van der Waals surface area contributed by atoms with Crippen molar-refractivity contribution in [3.05, 3.63) is 29.8 Å². The second kappa shape index (κ2) is 8.56. The van der Waals surface area contributed by atoms with E-state index in [0.717, 1.165) is 30.6 Å². The second-order valence-corrected chi connectivity index (χ2v) is 6.10. The van der Waals surface area contributed by atoms with Crippen molar-refractivity contribution < 1.29 is 14.3 Å². The third-order valence-electron chi connectivity index (χ3n) is 4.32. The Morgan fingerprint density at radius 3 is 2.48 bits per heavy atom. The van der Waals surface area contributed by atoms with Crippen molar-refractivity contribution >= 4 is 11.8 Å². The minimum atomic E-state index is -0.573. The molecule has 0 heterocycles. The average molecular weight is 318 g/mol. The van der Waals surface area contributed by atoms with Crippen LogP contribution >= 0.6 is 0 Å². The molecule has 0 unspecified atom stereocenters. The van der Waals surface area contributed by atoms with E-state index in [0.29, 0.717) is 19.1 Å². The highest BCUT2D eigenvalue weighted by molar-refractivity contribution is 6.35. The maximum Gasteiger partial charge on any atom is 0.309 e. The summed E-state index contributed by atoms with van der Waals surface area (Å²) in [7, 11) is 0. The van der Waals surface area contributed by atoms with Crippen LogP contribution in [0.2, 0.25) is 0 Å². The summed E-state index contributed by atoms with van der Waals surface area (Å²) in [6.07, 6.45) is 4.39. The smallest absolute Gasteiger partial charge is 0.309 e. The molecule has 5 nitrogen and oxygen atoms in total. The quantitative estimate of drug-likeness (QED) is 0.819. The van der Waals surface area contributed by atoms with Gasteiger partial charge in [-0.05, 0) is 43.4 Å². The van der Waals surface area contributed by atoms with E-state index < -0.39 is 11.8 Å². The summed E-state index contributed by atoms with van der Waals surface area (Å²) in [5.41, 5.74) is 0.931. The number of benzene rings is 1. The minimum Gasteiger partial charge on any atom is -0.494 e. The molecule has 2 N–H and O–H groups in total. The number of hydrogen-bond acceptors (Lipinski definition) is 3. The maximum atomic E-state index is 12.0. The highest BCUT2D eigenvalue weighted by atomic mass is 16.5. The third-order valence-corrected chi connectivity index (χ3v) is 4.32.